The molecule has 1 unspecified atom stereocenters. The van der Waals surface area contributed by atoms with E-state index in [1.54, 1.807) is 31.6 Å². The maximum atomic E-state index is 11.8. The van der Waals surface area contributed by atoms with E-state index >= 15 is 0 Å². The van der Waals surface area contributed by atoms with Crippen LogP contribution in [0.5, 0.6) is 0 Å². The number of rotatable bonds is 8. The van der Waals surface area contributed by atoms with Gasteiger partial charge in [0.2, 0.25) is 5.91 Å². The number of anilines is 1. The van der Waals surface area contributed by atoms with E-state index in [2.05, 4.69) is 39.8 Å². The first-order chi connectivity index (χ1) is 10.7. The van der Waals surface area contributed by atoms with Crippen LogP contribution in [-0.4, -0.2) is 36.5 Å². The number of hydrogen-bond donors (Lipinski definition) is 3. The molecule has 1 aromatic heterocycles. The van der Waals surface area contributed by atoms with E-state index in [9.17, 15) is 4.79 Å². The van der Waals surface area contributed by atoms with Gasteiger partial charge in [-0.3, -0.25) is 14.8 Å². The van der Waals surface area contributed by atoms with Crippen LogP contribution in [0.2, 0.25) is 0 Å². The van der Waals surface area contributed by atoms with Crippen molar-refractivity contribution < 1.29 is 4.79 Å². The van der Waals surface area contributed by atoms with Crippen molar-refractivity contribution in [3.05, 3.63) is 24.5 Å². The molecular weight excluding hydrogens is 405 g/mol. The number of halogens is 1. The highest BCUT2D eigenvalue weighted by atomic mass is 127. The van der Waals surface area contributed by atoms with Crippen molar-refractivity contribution in [2.75, 3.05) is 18.9 Å². The lowest BCUT2D eigenvalue weighted by molar-refractivity contribution is -0.115. The van der Waals surface area contributed by atoms with Gasteiger partial charge in [-0.05, 0) is 25.5 Å². The second-order valence-corrected chi connectivity index (χ2v) is 5.26. The predicted molar refractivity (Wildman–Crippen MR) is 106 cm³/mol. The number of aliphatic imine (C=N–C) groups is 1. The second-order valence-electron chi connectivity index (χ2n) is 5.26. The Labute approximate surface area is 156 Å². The normalized spacial score (nSPS) is 12.0. The molecule has 1 heterocycles. The molecule has 0 aliphatic carbocycles. The number of nitrogens with one attached hydrogen (secondary N) is 3. The van der Waals surface area contributed by atoms with Gasteiger partial charge in [0.05, 0.1) is 18.4 Å². The molecule has 0 aromatic carbocycles. The van der Waals surface area contributed by atoms with Crippen LogP contribution in [0.15, 0.2) is 29.5 Å². The molecule has 3 N–H and O–H groups in total. The molecule has 0 saturated heterocycles. The maximum absolute atomic E-state index is 11.8. The van der Waals surface area contributed by atoms with E-state index in [1.807, 2.05) is 0 Å². The van der Waals surface area contributed by atoms with E-state index in [1.165, 1.54) is 19.3 Å². The molecule has 1 atom stereocenters. The zero-order valence-electron chi connectivity index (χ0n) is 14.1. The molecule has 0 fully saturated rings. The third-order valence-electron chi connectivity index (χ3n) is 3.21. The van der Waals surface area contributed by atoms with Crippen molar-refractivity contribution in [3.63, 3.8) is 0 Å². The van der Waals surface area contributed by atoms with E-state index in [0.717, 1.165) is 6.42 Å². The first kappa shape index (κ1) is 21.6. The van der Waals surface area contributed by atoms with Gasteiger partial charge in [-0.1, -0.05) is 26.2 Å². The summed E-state index contributed by atoms with van der Waals surface area (Å²) >= 11 is 0. The van der Waals surface area contributed by atoms with Crippen LogP contribution < -0.4 is 16.0 Å². The number of amides is 1. The number of nitrogens with zero attached hydrogens (tertiary/aromatic N) is 2. The lowest BCUT2D eigenvalue weighted by atomic mass is 10.1. The number of pyridine rings is 1. The lowest BCUT2D eigenvalue weighted by Gasteiger charge is -2.17. The summed E-state index contributed by atoms with van der Waals surface area (Å²) in [5.74, 6) is 0.514. The van der Waals surface area contributed by atoms with Gasteiger partial charge >= 0.3 is 0 Å². The average molecular weight is 433 g/mol. The SMILES string of the molecule is CCCCCC(C)NC(=NC)NCC(=O)Nc1cccnc1.I. The third-order valence-corrected chi connectivity index (χ3v) is 3.21. The fraction of sp³-hybridized carbons (Fsp3) is 0.562. The summed E-state index contributed by atoms with van der Waals surface area (Å²) in [5.41, 5.74) is 0.685. The number of hydrogen-bond acceptors (Lipinski definition) is 3. The molecule has 6 nitrogen and oxygen atoms in total. The second kappa shape index (κ2) is 13.1. The van der Waals surface area contributed by atoms with Gasteiger partial charge in [0.15, 0.2) is 5.96 Å². The van der Waals surface area contributed by atoms with Gasteiger partial charge < -0.3 is 16.0 Å². The molecule has 7 heteroatoms. The maximum Gasteiger partial charge on any atom is 0.243 e. The van der Waals surface area contributed by atoms with Gasteiger partial charge in [-0.15, -0.1) is 24.0 Å². The van der Waals surface area contributed by atoms with E-state index in [0.29, 0.717) is 17.7 Å². The highest BCUT2D eigenvalue weighted by molar-refractivity contribution is 14.0. The van der Waals surface area contributed by atoms with E-state index in [4.69, 9.17) is 0 Å². The molecule has 23 heavy (non-hydrogen) atoms. The van der Waals surface area contributed by atoms with Gasteiger partial charge in [0.25, 0.3) is 0 Å². The molecule has 1 rings (SSSR count). The number of guanidine groups is 1. The Morgan fingerprint density at radius 1 is 1.39 bits per heavy atom. The lowest BCUT2D eigenvalue weighted by Crippen LogP contribution is -2.44. The highest BCUT2D eigenvalue weighted by Gasteiger charge is 2.07. The van der Waals surface area contributed by atoms with Crippen LogP contribution >= 0.6 is 24.0 Å². The van der Waals surface area contributed by atoms with Crippen molar-refractivity contribution in [1.82, 2.24) is 15.6 Å². The van der Waals surface area contributed by atoms with Gasteiger partial charge in [0, 0.05) is 19.3 Å². The first-order valence-corrected chi connectivity index (χ1v) is 7.82. The third kappa shape index (κ3) is 10.1. The van der Waals surface area contributed by atoms with Crippen molar-refractivity contribution >= 4 is 41.5 Å². The van der Waals surface area contributed by atoms with Crippen molar-refractivity contribution in [2.45, 2.75) is 45.6 Å². The van der Waals surface area contributed by atoms with Crippen molar-refractivity contribution in [2.24, 2.45) is 4.99 Å². The van der Waals surface area contributed by atoms with Gasteiger partial charge in [-0.2, -0.15) is 0 Å². The molecule has 1 amide bonds. The molecule has 1 aromatic rings. The largest absolute Gasteiger partial charge is 0.354 e. The Morgan fingerprint density at radius 2 is 2.17 bits per heavy atom. The Bertz CT molecular complexity index is 467. The fourth-order valence-electron chi connectivity index (χ4n) is 2.01. The summed E-state index contributed by atoms with van der Waals surface area (Å²) in [6.07, 6.45) is 8.03. The van der Waals surface area contributed by atoms with Gasteiger partial charge in [-0.25, -0.2) is 0 Å². The highest BCUT2D eigenvalue weighted by Crippen LogP contribution is 2.03. The summed E-state index contributed by atoms with van der Waals surface area (Å²) in [7, 11) is 1.70. The van der Waals surface area contributed by atoms with Crippen molar-refractivity contribution in [1.29, 1.82) is 0 Å². The van der Waals surface area contributed by atoms with E-state index < -0.39 is 0 Å². The summed E-state index contributed by atoms with van der Waals surface area (Å²) < 4.78 is 0. The summed E-state index contributed by atoms with van der Waals surface area (Å²) in [6.45, 7) is 4.48. The van der Waals surface area contributed by atoms with Gasteiger partial charge in [0.1, 0.15) is 0 Å². The molecule has 0 bridgehead atoms. The van der Waals surface area contributed by atoms with Crippen LogP contribution in [0.4, 0.5) is 5.69 Å². The molecule has 0 saturated carbocycles. The standard InChI is InChI=1S/C16H27N5O.HI/c1-4-5-6-8-13(2)20-16(17-3)19-12-15(22)21-14-9-7-10-18-11-14;/h7,9-11,13H,4-6,8,12H2,1-3H3,(H,21,22)(H2,17,19,20);1H. The molecule has 0 spiro atoms. The predicted octanol–water partition coefficient (Wildman–Crippen LogP) is 2.77. The number of carbonyl (C=O) groups excluding carboxylic acids is 1. The molecule has 130 valence electrons. The number of unbranched alkanes of at least 4 members (excludes halogenated alkanes) is 2. The summed E-state index contributed by atoms with van der Waals surface area (Å²) in [4.78, 5) is 19.9. The average Bonchev–Trinajstić information content (AvgIpc) is 2.52. The molecular formula is C16H28IN5O. The van der Waals surface area contributed by atoms with Crippen LogP contribution in [0.25, 0.3) is 0 Å². The fourth-order valence-corrected chi connectivity index (χ4v) is 2.01. The minimum Gasteiger partial charge on any atom is -0.354 e. The number of carbonyl (C=O) groups is 1. The summed E-state index contributed by atoms with van der Waals surface area (Å²) in [5, 5.41) is 9.08. The van der Waals surface area contributed by atoms with Crippen LogP contribution in [0.3, 0.4) is 0 Å². The zero-order valence-corrected chi connectivity index (χ0v) is 16.5. The molecule has 0 aliphatic heterocycles. The van der Waals surface area contributed by atoms with Crippen LogP contribution in [0.1, 0.15) is 39.5 Å². The number of aromatic nitrogens is 1. The molecule has 0 radical (unpaired) electrons. The van der Waals surface area contributed by atoms with Crippen molar-refractivity contribution in [3.8, 4) is 0 Å². The summed E-state index contributed by atoms with van der Waals surface area (Å²) in [6, 6.07) is 3.91. The monoisotopic (exact) mass is 433 g/mol. The minimum absolute atomic E-state index is 0. The first-order valence-electron chi connectivity index (χ1n) is 7.82. The zero-order chi connectivity index (χ0) is 16.2. The Kier molecular flexibility index (Phi) is 12.3. The minimum atomic E-state index is -0.130. The smallest absolute Gasteiger partial charge is 0.243 e. The quantitative estimate of drug-likeness (QED) is 0.255. The Balaban J connectivity index is 0.00000484. The Morgan fingerprint density at radius 3 is 2.78 bits per heavy atom. The van der Waals surface area contributed by atoms with E-state index in [-0.39, 0.29) is 36.4 Å². The Hall–Kier alpha value is -1.38. The van der Waals surface area contributed by atoms with Crippen LogP contribution in [0, 0.1) is 0 Å². The van der Waals surface area contributed by atoms with Crippen LogP contribution in [-0.2, 0) is 4.79 Å². The molecule has 0 aliphatic rings. The topological polar surface area (TPSA) is 78.4 Å².